The summed E-state index contributed by atoms with van der Waals surface area (Å²) in [5, 5.41) is 0. The number of hydrogen-bond donors (Lipinski definition) is 14. The molecule has 3 aliphatic rings. The van der Waals surface area contributed by atoms with Crippen LogP contribution in [0.1, 0.15) is 19.3 Å². The maximum absolute atomic E-state index is 12.6. The van der Waals surface area contributed by atoms with Gasteiger partial charge in [-0.05, 0) is 25.2 Å². The number of ether oxygens (including phenoxy) is 15. The van der Waals surface area contributed by atoms with Crippen LogP contribution in [0.3, 0.4) is 0 Å². The van der Waals surface area contributed by atoms with Gasteiger partial charge in [0.2, 0.25) is 0 Å². The Kier molecular flexibility index (Phi) is 36.8. The lowest BCUT2D eigenvalue weighted by atomic mass is 9.84. The van der Waals surface area contributed by atoms with E-state index in [1.54, 1.807) is 0 Å². The number of methoxy groups -OCH3 is 8. The Morgan fingerprint density at radius 3 is 0.637 bits per heavy atom. The normalized spacial score (nSPS) is 31.3. The van der Waals surface area contributed by atoms with Crippen LogP contribution in [-0.2, 0) is 135 Å². The molecule has 5 unspecified atom stereocenters. The van der Waals surface area contributed by atoms with Crippen molar-refractivity contribution in [1.29, 1.82) is 0 Å². The van der Waals surface area contributed by atoms with Gasteiger partial charge in [-0.25, -0.2) is 32.0 Å². The van der Waals surface area contributed by atoms with E-state index in [-0.39, 0.29) is 72.1 Å². The van der Waals surface area contributed by atoms with Crippen LogP contribution in [0, 0.1) is 5.92 Å². The summed E-state index contributed by atoms with van der Waals surface area (Å²) in [4.78, 5) is 140. The topological polar surface area (TPSA) is 606 Å². The fourth-order valence-corrected chi connectivity index (χ4v) is 14.3. The SMILES string of the molecule is COCCOCCO[C@@H]1C(OP(=O)(O)O)[C@H](OCCOCCOC)[C@@H](OC)C(OCCC(CCOC2[C@@H](OC)[C@H](OP(=O)(O)O)C(OP(=O)(O)O)[C@H](OP(=O)(O)O)[C@H]2OC)CCO[C@H]2[C@@H](OP(=O)(O)O)[C@H](OC)[C@@H](OC)[C@H](OP(=O)(O)O)[C@H]2OP(=O)(O)O)[C@H]1OC. The molecule has 0 heterocycles. The molecule has 3 aliphatic carbocycles. The Labute approximate surface area is 521 Å². The highest BCUT2D eigenvalue weighted by atomic mass is 31.2. The third-order valence-electron chi connectivity index (χ3n) is 13.7. The fraction of sp³-hybridized carbons (Fsp3) is 1.00. The largest absolute Gasteiger partial charge is 0.470 e. The minimum Gasteiger partial charge on any atom is -0.382 e. The van der Waals surface area contributed by atoms with Gasteiger partial charge in [-0.1, -0.05) is 0 Å². The van der Waals surface area contributed by atoms with Crippen LogP contribution in [0.2, 0.25) is 0 Å². The number of phosphoric ester groups is 7. The summed E-state index contributed by atoms with van der Waals surface area (Å²) < 4.78 is 207. The highest BCUT2D eigenvalue weighted by Gasteiger charge is 2.61. The molecule has 3 fully saturated rings. The van der Waals surface area contributed by atoms with Crippen LogP contribution in [0.25, 0.3) is 0 Å². The zero-order valence-electron chi connectivity index (χ0n) is 50.1. The minimum atomic E-state index is -5.82. The van der Waals surface area contributed by atoms with Gasteiger partial charge in [0.1, 0.15) is 110 Å². The van der Waals surface area contributed by atoms with Gasteiger partial charge in [-0.15, -0.1) is 0 Å². The molecule has 542 valence electrons. The molecule has 0 bridgehead atoms. The van der Waals surface area contributed by atoms with E-state index in [1.165, 1.54) is 28.4 Å². The van der Waals surface area contributed by atoms with Crippen molar-refractivity contribution in [3.63, 3.8) is 0 Å². The Balaban J connectivity index is 2.24. The van der Waals surface area contributed by atoms with Crippen molar-refractivity contribution in [2.75, 3.05) is 130 Å². The van der Waals surface area contributed by atoms with Crippen molar-refractivity contribution in [2.24, 2.45) is 5.92 Å². The summed E-state index contributed by atoms with van der Waals surface area (Å²) in [7, 11) is -31.1. The lowest BCUT2D eigenvalue weighted by Crippen LogP contribution is -2.67. The molecule has 91 heavy (non-hydrogen) atoms. The first-order chi connectivity index (χ1) is 42.2. The average Bonchev–Trinajstić information content (AvgIpc) is 0.780. The van der Waals surface area contributed by atoms with E-state index in [2.05, 4.69) is 0 Å². The van der Waals surface area contributed by atoms with Gasteiger partial charge in [0.05, 0.1) is 52.9 Å². The quantitative estimate of drug-likeness (QED) is 0.0221. The molecule has 0 radical (unpaired) electrons. The second-order valence-corrected chi connectivity index (χ2v) is 28.1. The Morgan fingerprint density at radius 1 is 0.231 bits per heavy atom. The molecule has 3 saturated carbocycles. The van der Waals surface area contributed by atoms with Gasteiger partial charge in [-0.3, -0.25) is 31.7 Å². The molecule has 0 aliphatic heterocycles. The number of rotatable bonds is 46. The van der Waals surface area contributed by atoms with Gasteiger partial charge in [0, 0.05) is 76.7 Å². The Morgan fingerprint density at radius 2 is 0.396 bits per heavy atom. The molecule has 0 aromatic heterocycles. The second-order valence-electron chi connectivity index (χ2n) is 19.7. The van der Waals surface area contributed by atoms with Crippen LogP contribution < -0.4 is 0 Å². The van der Waals surface area contributed by atoms with E-state index in [4.69, 9.17) is 103 Å². The zero-order valence-corrected chi connectivity index (χ0v) is 56.4. The molecule has 0 aromatic rings. The van der Waals surface area contributed by atoms with Gasteiger partial charge >= 0.3 is 54.8 Å². The predicted molar refractivity (Wildman–Crippen MR) is 295 cm³/mol. The summed E-state index contributed by atoms with van der Waals surface area (Å²) in [6, 6.07) is 0. The van der Waals surface area contributed by atoms with E-state index in [0.29, 0.717) is 0 Å². The van der Waals surface area contributed by atoms with Gasteiger partial charge < -0.3 is 140 Å². The van der Waals surface area contributed by atoms with E-state index >= 15 is 0 Å². The number of phosphoric acid groups is 7. The zero-order chi connectivity index (χ0) is 68.9. The molecule has 0 aromatic carbocycles. The van der Waals surface area contributed by atoms with Crippen molar-refractivity contribution < 1.29 is 203 Å². The molecular weight excluding hydrogens is 1400 g/mol. The molecule has 43 nitrogen and oxygen atoms in total. The maximum Gasteiger partial charge on any atom is 0.470 e. The molecule has 3 rings (SSSR count). The summed E-state index contributed by atoms with van der Waals surface area (Å²) in [5.41, 5.74) is 0. The first kappa shape index (κ1) is 85.4. The highest BCUT2D eigenvalue weighted by Crippen LogP contribution is 2.54. The van der Waals surface area contributed by atoms with Crippen molar-refractivity contribution in [3.05, 3.63) is 0 Å². The third kappa shape index (κ3) is 29.9. The van der Waals surface area contributed by atoms with Crippen LogP contribution in [0.15, 0.2) is 0 Å². The van der Waals surface area contributed by atoms with Gasteiger partial charge in [0.25, 0.3) is 0 Å². The van der Waals surface area contributed by atoms with Crippen LogP contribution in [0.4, 0.5) is 0 Å². The standard InChI is InChI=1S/C41H85O43P7/c1-63-15-17-71-19-21-76-32-26(67-5)30(27(68-6)33(39(32)82-89(54,55)56)77-22-20-72-18-16-64-2)73-12-9-23(10-13-74-31-28(69-7)37(80-87(48,49)50)41(84-91(60,61)62)38(29(31)70-8)81-88(51,52)53)11-14-75-34-35(78-85(42,43)44)24(65-3)25(66-4)36(79-86(45,46)47)40(34)83-90(57,58)59/h23-41H,9-22H2,1-8H3,(H2,42,43,44)(H2,45,46,47)(H2,48,49,50)(H2,51,52,53)(H2,54,55,56)(H2,57,58,59)(H2,60,61,62)/t23?,24-,25-,26-,27+,28-,29+,30?,31?,32+,33-,34+,35+,36+,37+,38-,39?,40+,41?/m1/s1. The van der Waals surface area contributed by atoms with Crippen molar-refractivity contribution in [1.82, 2.24) is 0 Å². The predicted octanol–water partition coefficient (Wildman–Crippen LogP) is -2.50. The molecule has 19 atom stereocenters. The van der Waals surface area contributed by atoms with Crippen LogP contribution in [0.5, 0.6) is 0 Å². The number of hydrogen-bond acceptors (Lipinski definition) is 29. The van der Waals surface area contributed by atoms with E-state index in [9.17, 15) is 100 Å². The molecule has 50 heteroatoms. The minimum absolute atomic E-state index is 0.0912. The monoisotopic (exact) mass is 1480 g/mol. The maximum atomic E-state index is 12.6. The summed E-state index contributed by atoms with van der Waals surface area (Å²) in [6.07, 6.45) is -35.5. The smallest absolute Gasteiger partial charge is 0.382 e. The highest BCUT2D eigenvalue weighted by molar-refractivity contribution is 7.48. The third-order valence-corrected chi connectivity index (χ3v) is 17.3. The molecule has 14 N–H and O–H groups in total. The van der Waals surface area contributed by atoms with Crippen LogP contribution >= 0.6 is 54.8 Å². The molecule has 0 spiro atoms. The Bertz CT molecular complexity index is 2360. The van der Waals surface area contributed by atoms with Crippen molar-refractivity contribution >= 4 is 54.8 Å². The summed E-state index contributed by atoms with van der Waals surface area (Å²) >= 11 is 0. The Hall–Kier alpha value is 0.170. The van der Waals surface area contributed by atoms with Gasteiger partial charge in [-0.2, -0.15) is 0 Å². The van der Waals surface area contributed by atoms with E-state index in [0.717, 1.165) is 28.4 Å². The lowest BCUT2D eigenvalue weighted by Gasteiger charge is -2.49. The lowest BCUT2D eigenvalue weighted by molar-refractivity contribution is -0.265. The molecule has 0 amide bonds. The van der Waals surface area contributed by atoms with E-state index in [1.807, 2.05) is 0 Å². The fourth-order valence-electron chi connectivity index (χ4n) is 10.4. The van der Waals surface area contributed by atoms with Crippen molar-refractivity contribution in [2.45, 2.75) is 129 Å². The molecular formula is C41H85O43P7. The van der Waals surface area contributed by atoms with Crippen LogP contribution in [-0.4, -0.2) is 308 Å². The van der Waals surface area contributed by atoms with E-state index < -0.39 is 190 Å². The first-order valence-corrected chi connectivity index (χ1v) is 37.5. The molecule has 0 saturated heterocycles. The second kappa shape index (κ2) is 39.2. The summed E-state index contributed by atoms with van der Waals surface area (Å²) in [6.45, 7) is -1.81. The van der Waals surface area contributed by atoms with Crippen molar-refractivity contribution in [3.8, 4) is 0 Å². The summed E-state index contributed by atoms with van der Waals surface area (Å²) in [5.74, 6) is -0.956. The first-order valence-electron chi connectivity index (χ1n) is 26.8. The average molecular weight is 1480 g/mol. The van der Waals surface area contributed by atoms with Gasteiger partial charge in [0.15, 0.2) is 0 Å².